The first kappa shape index (κ1) is 20.7. The number of rotatable bonds is 6. The van der Waals surface area contributed by atoms with E-state index >= 15 is 0 Å². The summed E-state index contributed by atoms with van der Waals surface area (Å²) in [6, 6.07) is 8.12. The third kappa shape index (κ3) is 4.04. The van der Waals surface area contributed by atoms with Crippen molar-refractivity contribution in [2.75, 3.05) is 31.0 Å². The van der Waals surface area contributed by atoms with Gasteiger partial charge in [0.25, 0.3) is 0 Å². The lowest BCUT2D eigenvalue weighted by atomic mass is 10.1. The number of hydrogen-bond donors (Lipinski definition) is 3. The Hall–Kier alpha value is -4.17. The van der Waals surface area contributed by atoms with E-state index in [9.17, 15) is 5.26 Å². The van der Waals surface area contributed by atoms with Crippen LogP contribution in [-0.2, 0) is 11.8 Å². The van der Waals surface area contributed by atoms with Crippen LogP contribution < -0.4 is 15.4 Å². The van der Waals surface area contributed by atoms with Gasteiger partial charge in [0, 0.05) is 38.1 Å². The van der Waals surface area contributed by atoms with Gasteiger partial charge in [0.05, 0.1) is 23.7 Å². The summed E-state index contributed by atoms with van der Waals surface area (Å²) in [5, 5.41) is 25.0. The number of H-pyrrole nitrogens is 1. The van der Waals surface area contributed by atoms with E-state index in [-0.39, 0.29) is 6.04 Å². The Morgan fingerprint density at radius 3 is 2.85 bits per heavy atom. The van der Waals surface area contributed by atoms with Crippen molar-refractivity contribution in [3.05, 3.63) is 36.3 Å². The zero-order chi connectivity index (χ0) is 22.8. The van der Waals surface area contributed by atoms with E-state index in [1.54, 1.807) is 19.6 Å². The van der Waals surface area contributed by atoms with E-state index in [4.69, 9.17) is 14.5 Å². The fraction of sp³-hybridized carbons (Fsp3) is 0.318. The van der Waals surface area contributed by atoms with Crippen LogP contribution >= 0.6 is 0 Å². The number of ether oxygens (including phenoxy) is 2. The van der Waals surface area contributed by atoms with Gasteiger partial charge in [0.15, 0.2) is 5.82 Å². The molecule has 0 radical (unpaired) electrons. The molecule has 5 rings (SSSR count). The Labute approximate surface area is 189 Å². The van der Waals surface area contributed by atoms with Gasteiger partial charge in [0.1, 0.15) is 29.6 Å². The van der Waals surface area contributed by atoms with Crippen molar-refractivity contribution in [1.82, 2.24) is 29.7 Å². The predicted molar refractivity (Wildman–Crippen MR) is 122 cm³/mol. The molecule has 11 nitrogen and oxygen atoms in total. The maximum Gasteiger partial charge on any atom is 0.231 e. The fourth-order valence-corrected chi connectivity index (χ4v) is 3.92. The molecule has 4 heterocycles. The zero-order valence-electron chi connectivity index (χ0n) is 18.3. The number of anilines is 3. The lowest BCUT2D eigenvalue weighted by Gasteiger charge is -2.24. The number of nitrogens with zero attached hydrogens (tertiary/aromatic N) is 6. The summed E-state index contributed by atoms with van der Waals surface area (Å²) in [5.74, 6) is 2.34. The van der Waals surface area contributed by atoms with Gasteiger partial charge in [-0.25, -0.2) is 0 Å². The van der Waals surface area contributed by atoms with E-state index in [0.717, 1.165) is 24.2 Å². The summed E-state index contributed by atoms with van der Waals surface area (Å²) in [7, 11) is 3.49. The SMILES string of the molecule is COc1cc(-c2nncn2C)ccc1Nc1nc(NC2CCOCC2)c2c(C#N)c[nH]c2n1. The van der Waals surface area contributed by atoms with Crippen LogP contribution in [0.4, 0.5) is 17.5 Å². The third-order valence-corrected chi connectivity index (χ3v) is 5.63. The van der Waals surface area contributed by atoms with Crippen LogP contribution in [0.1, 0.15) is 18.4 Å². The fourth-order valence-electron chi connectivity index (χ4n) is 3.92. The summed E-state index contributed by atoms with van der Waals surface area (Å²) >= 11 is 0. The molecule has 0 spiro atoms. The first-order chi connectivity index (χ1) is 16.2. The van der Waals surface area contributed by atoms with Gasteiger partial charge in [-0.15, -0.1) is 10.2 Å². The molecule has 0 aliphatic carbocycles. The second-order valence-electron chi connectivity index (χ2n) is 7.77. The number of hydrogen-bond acceptors (Lipinski definition) is 9. The minimum absolute atomic E-state index is 0.214. The topological polar surface area (TPSA) is 139 Å². The van der Waals surface area contributed by atoms with Crippen molar-refractivity contribution in [3.8, 4) is 23.2 Å². The van der Waals surface area contributed by atoms with Gasteiger partial charge in [-0.05, 0) is 31.0 Å². The van der Waals surface area contributed by atoms with Crippen molar-refractivity contribution in [3.63, 3.8) is 0 Å². The summed E-state index contributed by atoms with van der Waals surface area (Å²) in [6.07, 6.45) is 5.04. The van der Waals surface area contributed by atoms with Gasteiger partial charge in [-0.1, -0.05) is 0 Å². The highest BCUT2D eigenvalue weighted by Crippen LogP contribution is 2.33. The van der Waals surface area contributed by atoms with Crippen LogP contribution in [-0.4, -0.2) is 56.1 Å². The van der Waals surface area contributed by atoms with Crippen LogP contribution in [0.5, 0.6) is 5.75 Å². The molecule has 3 N–H and O–H groups in total. The predicted octanol–water partition coefficient (Wildman–Crippen LogP) is 2.97. The standard InChI is InChI=1S/C22H23N9O2/c1-31-12-25-30-21(31)13-3-4-16(17(9-13)32-2)27-22-28-19-18(14(10-23)11-24-19)20(29-22)26-15-5-7-33-8-6-15/h3-4,9,11-12,15H,5-8H2,1-2H3,(H3,24,26,27,28,29). The summed E-state index contributed by atoms with van der Waals surface area (Å²) < 4.78 is 12.9. The monoisotopic (exact) mass is 445 g/mol. The number of nitrogens with one attached hydrogen (secondary N) is 3. The molecule has 1 aliphatic rings. The van der Waals surface area contributed by atoms with Crippen molar-refractivity contribution in [1.29, 1.82) is 5.26 Å². The van der Waals surface area contributed by atoms with E-state index in [1.165, 1.54) is 0 Å². The Balaban J connectivity index is 1.50. The molecule has 3 aromatic heterocycles. The van der Waals surface area contributed by atoms with E-state index < -0.39 is 0 Å². The van der Waals surface area contributed by atoms with Gasteiger partial charge >= 0.3 is 0 Å². The van der Waals surface area contributed by atoms with Crippen LogP contribution in [0.2, 0.25) is 0 Å². The van der Waals surface area contributed by atoms with E-state index in [0.29, 0.717) is 53.0 Å². The molecule has 168 valence electrons. The van der Waals surface area contributed by atoms with Gasteiger partial charge in [-0.3, -0.25) is 0 Å². The Morgan fingerprint density at radius 2 is 2.12 bits per heavy atom. The van der Waals surface area contributed by atoms with E-state index in [2.05, 4.69) is 36.9 Å². The maximum absolute atomic E-state index is 9.53. The number of nitriles is 1. The van der Waals surface area contributed by atoms with Crippen molar-refractivity contribution >= 4 is 28.5 Å². The number of aryl methyl sites for hydroxylation is 1. The van der Waals surface area contributed by atoms with Gasteiger partial charge < -0.3 is 29.7 Å². The smallest absolute Gasteiger partial charge is 0.231 e. The summed E-state index contributed by atoms with van der Waals surface area (Å²) in [4.78, 5) is 12.4. The molecular weight excluding hydrogens is 422 g/mol. The first-order valence-corrected chi connectivity index (χ1v) is 10.6. The molecule has 0 bridgehead atoms. The second-order valence-corrected chi connectivity index (χ2v) is 7.77. The molecule has 0 amide bonds. The zero-order valence-corrected chi connectivity index (χ0v) is 18.3. The molecule has 33 heavy (non-hydrogen) atoms. The van der Waals surface area contributed by atoms with Crippen LogP contribution in [0.15, 0.2) is 30.7 Å². The minimum atomic E-state index is 0.214. The summed E-state index contributed by atoms with van der Waals surface area (Å²) in [6.45, 7) is 1.40. The number of aromatic amines is 1. The Bertz CT molecular complexity index is 1330. The molecule has 4 aromatic rings. The highest BCUT2D eigenvalue weighted by Gasteiger charge is 2.20. The average molecular weight is 445 g/mol. The second kappa shape index (κ2) is 8.76. The highest BCUT2D eigenvalue weighted by atomic mass is 16.5. The molecule has 1 aromatic carbocycles. The number of methoxy groups -OCH3 is 1. The first-order valence-electron chi connectivity index (χ1n) is 10.6. The lowest BCUT2D eigenvalue weighted by Crippen LogP contribution is -2.28. The summed E-state index contributed by atoms with van der Waals surface area (Å²) in [5.41, 5.74) is 2.65. The van der Waals surface area contributed by atoms with Gasteiger partial charge in [0.2, 0.25) is 5.95 Å². The van der Waals surface area contributed by atoms with Crippen molar-refractivity contribution in [2.24, 2.45) is 7.05 Å². The van der Waals surface area contributed by atoms with Crippen LogP contribution in [0.25, 0.3) is 22.4 Å². The molecule has 1 saturated heterocycles. The quantitative estimate of drug-likeness (QED) is 0.409. The van der Waals surface area contributed by atoms with Crippen molar-refractivity contribution < 1.29 is 9.47 Å². The molecule has 0 atom stereocenters. The van der Waals surface area contributed by atoms with E-state index in [1.807, 2.05) is 29.8 Å². The maximum atomic E-state index is 9.53. The molecule has 11 heteroatoms. The Kier molecular flexibility index (Phi) is 5.50. The normalized spacial score (nSPS) is 14.2. The Morgan fingerprint density at radius 1 is 1.27 bits per heavy atom. The van der Waals surface area contributed by atoms with Crippen LogP contribution in [0.3, 0.4) is 0 Å². The minimum Gasteiger partial charge on any atom is -0.495 e. The van der Waals surface area contributed by atoms with Gasteiger partial charge in [-0.2, -0.15) is 15.2 Å². The number of fused-ring (bicyclic) bond motifs is 1. The average Bonchev–Trinajstić information content (AvgIpc) is 3.46. The molecular formula is C22H23N9O2. The van der Waals surface area contributed by atoms with Crippen molar-refractivity contribution in [2.45, 2.75) is 18.9 Å². The number of aromatic nitrogens is 6. The lowest BCUT2D eigenvalue weighted by molar-refractivity contribution is 0.0904. The van der Waals surface area contributed by atoms with Crippen LogP contribution in [0, 0.1) is 11.3 Å². The molecule has 0 unspecified atom stereocenters. The third-order valence-electron chi connectivity index (χ3n) is 5.63. The molecule has 0 saturated carbocycles. The largest absolute Gasteiger partial charge is 0.495 e. The number of benzene rings is 1. The molecule has 1 aliphatic heterocycles. The highest BCUT2D eigenvalue weighted by molar-refractivity contribution is 5.93. The molecule has 1 fully saturated rings.